The normalized spacial score (nSPS) is 14.0. The quantitative estimate of drug-likeness (QED) is 0.868. The average molecular weight is 370 g/mol. The fraction of sp³-hybridized carbons (Fsp3) is 0.316. The first kappa shape index (κ1) is 18.5. The predicted octanol–water partition coefficient (Wildman–Crippen LogP) is 2.54. The average Bonchev–Trinajstić information content (AvgIpc) is 3.18. The van der Waals surface area contributed by atoms with E-state index in [4.69, 9.17) is 4.42 Å². The summed E-state index contributed by atoms with van der Waals surface area (Å²) >= 11 is 0. The first-order valence-electron chi connectivity index (χ1n) is 8.71. The van der Waals surface area contributed by atoms with Gasteiger partial charge in [0.05, 0.1) is 6.26 Å². The fourth-order valence-electron chi connectivity index (χ4n) is 2.90. The molecular weight excluding hydrogens is 348 g/mol. The third-order valence-corrected chi connectivity index (χ3v) is 4.39. The van der Waals surface area contributed by atoms with Crippen LogP contribution in [0.25, 0.3) is 0 Å². The number of rotatable bonds is 3. The van der Waals surface area contributed by atoms with Crippen molar-refractivity contribution in [2.45, 2.75) is 13.8 Å². The third kappa shape index (κ3) is 4.46. The molecule has 0 spiro atoms. The molecule has 2 aromatic rings. The summed E-state index contributed by atoms with van der Waals surface area (Å²) in [7, 11) is 0. The minimum atomic E-state index is -0.238. The second-order valence-corrected chi connectivity index (χ2v) is 6.40. The summed E-state index contributed by atoms with van der Waals surface area (Å²) in [6, 6.07) is 8.42. The number of benzene rings is 1. The van der Waals surface area contributed by atoms with Gasteiger partial charge in [-0.25, -0.2) is 4.79 Å². The minimum Gasteiger partial charge on any atom is -0.459 e. The second kappa shape index (κ2) is 7.94. The zero-order valence-electron chi connectivity index (χ0n) is 15.3. The molecule has 0 aliphatic carbocycles. The Labute approximate surface area is 157 Å². The first-order valence-corrected chi connectivity index (χ1v) is 8.71. The Hall–Kier alpha value is -3.29. The number of nitrogens with one attached hydrogen (secondary N) is 2. The molecule has 1 aromatic carbocycles. The van der Waals surface area contributed by atoms with Gasteiger partial charge in [0, 0.05) is 44.5 Å². The lowest BCUT2D eigenvalue weighted by Gasteiger charge is -2.34. The largest absolute Gasteiger partial charge is 0.459 e. The molecule has 4 amide bonds. The maximum Gasteiger partial charge on any atom is 0.321 e. The van der Waals surface area contributed by atoms with Crippen molar-refractivity contribution < 1.29 is 18.8 Å². The van der Waals surface area contributed by atoms with Gasteiger partial charge in [-0.1, -0.05) is 6.07 Å². The lowest BCUT2D eigenvalue weighted by molar-refractivity contribution is -0.114. The maximum absolute atomic E-state index is 12.5. The highest BCUT2D eigenvalue weighted by Gasteiger charge is 2.26. The van der Waals surface area contributed by atoms with E-state index in [0.29, 0.717) is 43.3 Å². The first-order chi connectivity index (χ1) is 12.9. The monoisotopic (exact) mass is 370 g/mol. The van der Waals surface area contributed by atoms with E-state index in [1.165, 1.54) is 13.2 Å². The van der Waals surface area contributed by atoms with Gasteiger partial charge in [0.1, 0.15) is 0 Å². The van der Waals surface area contributed by atoms with Gasteiger partial charge < -0.3 is 24.9 Å². The van der Waals surface area contributed by atoms with E-state index in [1.54, 1.807) is 34.1 Å². The molecule has 2 N–H and O–H groups in total. The number of amides is 4. The number of aryl methyl sites for hydroxylation is 1. The topological polar surface area (TPSA) is 94.9 Å². The smallest absolute Gasteiger partial charge is 0.321 e. The Morgan fingerprint density at radius 2 is 1.70 bits per heavy atom. The van der Waals surface area contributed by atoms with Crippen LogP contribution in [0.5, 0.6) is 0 Å². The van der Waals surface area contributed by atoms with E-state index in [-0.39, 0.29) is 17.8 Å². The number of hydrogen-bond donors (Lipinski definition) is 2. The predicted molar refractivity (Wildman–Crippen MR) is 101 cm³/mol. The van der Waals surface area contributed by atoms with Crippen molar-refractivity contribution in [1.82, 2.24) is 9.80 Å². The van der Waals surface area contributed by atoms with E-state index in [1.807, 2.05) is 13.0 Å². The molecule has 0 unspecified atom stereocenters. The number of nitrogens with zero attached hydrogens (tertiary/aromatic N) is 2. The molecule has 0 bridgehead atoms. The molecular formula is C19H22N4O4. The Morgan fingerprint density at radius 1 is 1.00 bits per heavy atom. The minimum absolute atomic E-state index is 0.168. The summed E-state index contributed by atoms with van der Waals surface area (Å²) in [4.78, 5) is 39.4. The number of furan rings is 1. The van der Waals surface area contributed by atoms with Crippen LogP contribution >= 0.6 is 0 Å². The molecule has 1 aliphatic heterocycles. The molecule has 0 saturated carbocycles. The number of anilines is 2. The molecule has 1 saturated heterocycles. The van der Waals surface area contributed by atoms with Crippen LogP contribution in [0.3, 0.4) is 0 Å². The van der Waals surface area contributed by atoms with Gasteiger partial charge in [-0.3, -0.25) is 9.59 Å². The van der Waals surface area contributed by atoms with Crippen molar-refractivity contribution in [1.29, 1.82) is 0 Å². The van der Waals surface area contributed by atoms with Gasteiger partial charge in [0.15, 0.2) is 5.76 Å². The molecule has 8 heteroatoms. The molecule has 1 aliphatic rings. The molecule has 8 nitrogen and oxygen atoms in total. The highest BCUT2D eigenvalue weighted by atomic mass is 16.3. The summed E-state index contributed by atoms with van der Waals surface area (Å²) in [5.74, 6) is -0.0319. The van der Waals surface area contributed by atoms with Crippen molar-refractivity contribution in [2.24, 2.45) is 0 Å². The molecule has 3 rings (SSSR count). The van der Waals surface area contributed by atoms with Crippen LogP contribution < -0.4 is 10.6 Å². The summed E-state index contributed by atoms with van der Waals surface area (Å²) < 4.78 is 5.14. The number of carbonyl (C=O) groups excluding carboxylic acids is 3. The van der Waals surface area contributed by atoms with E-state index < -0.39 is 0 Å². The maximum atomic E-state index is 12.5. The molecule has 0 atom stereocenters. The van der Waals surface area contributed by atoms with Gasteiger partial charge in [-0.05, 0) is 36.8 Å². The molecule has 2 heterocycles. The molecule has 1 aromatic heterocycles. The summed E-state index contributed by atoms with van der Waals surface area (Å²) in [5, 5.41) is 5.58. The van der Waals surface area contributed by atoms with Gasteiger partial charge >= 0.3 is 6.03 Å². The number of carbonyl (C=O) groups is 3. The van der Waals surface area contributed by atoms with Crippen LogP contribution in [0.1, 0.15) is 23.0 Å². The number of urea groups is 1. The van der Waals surface area contributed by atoms with Gasteiger partial charge in [0.2, 0.25) is 5.91 Å². The SMILES string of the molecule is CC(=O)Nc1cc(NC(=O)N2CCN(C(=O)c3ccco3)CC2)ccc1C. The van der Waals surface area contributed by atoms with Crippen molar-refractivity contribution in [3.8, 4) is 0 Å². The lowest BCUT2D eigenvalue weighted by Crippen LogP contribution is -2.51. The molecule has 1 fully saturated rings. The van der Waals surface area contributed by atoms with E-state index in [9.17, 15) is 14.4 Å². The van der Waals surface area contributed by atoms with E-state index >= 15 is 0 Å². The van der Waals surface area contributed by atoms with E-state index in [0.717, 1.165) is 5.56 Å². The zero-order valence-corrected chi connectivity index (χ0v) is 15.3. The van der Waals surface area contributed by atoms with Crippen LogP contribution in [0.2, 0.25) is 0 Å². The number of hydrogen-bond acceptors (Lipinski definition) is 4. The lowest BCUT2D eigenvalue weighted by atomic mass is 10.2. The summed E-state index contributed by atoms with van der Waals surface area (Å²) in [6.07, 6.45) is 1.47. The molecule has 0 radical (unpaired) electrons. The Bertz CT molecular complexity index is 839. The summed E-state index contributed by atoms with van der Waals surface area (Å²) in [6.45, 7) is 5.07. The van der Waals surface area contributed by atoms with Crippen molar-refractivity contribution >= 4 is 29.2 Å². The highest BCUT2D eigenvalue weighted by Crippen LogP contribution is 2.21. The Kier molecular flexibility index (Phi) is 5.44. The standard InChI is InChI=1S/C19H22N4O4/c1-13-5-6-15(12-16(13)20-14(2)24)21-19(26)23-9-7-22(8-10-23)18(25)17-4-3-11-27-17/h3-6,11-12H,7-10H2,1-2H3,(H,20,24)(H,21,26). The van der Waals surface area contributed by atoms with Crippen LogP contribution in [0, 0.1) is 6.92 Å². The van der Waals surface area contributed by atoms with Crippen LogP contribution in [-0.2, 0) is 4.79 Å². The third-order valence-electron chi connectivity index (χ3n) is 4.39. The van der Waals surface area contributed by atoms with Crippen LogP contribution in [0.4, 0.5) is 16.2 Å². The molecule has 27 heavy (non-hydrogen) atoms. The van der Waals surface area contributed by atoms with Crippen molar-refractivity contribution in [3.05, 3.63) is 47.9 Å². The number of piperazine rings is 1. The van der Waals surface area contributed by atoms with Gasteiger partial charge in [-0.2, -0.15) is 0 Å². The summed E-state index contributed by atoms with van der Waals surface area (Å²) in [5.41, 5.74) is 2.17. The van der Waals surface area contributed by atoms with Crippen LogP contribution in [-0.4, -0.2) is 53.8 Å². The Balaban J connectivity index is 1.57. The van der Waals surface area contributed by atoms with Crippen molar-refractivity contribution in [2.75, 3.05) is 36.8 Å². The van der Waals surface area contributed by atoms with E-state index in [2.05, 4.69) is 10.6 Å². The zero-order chi connectivity index (χ0) is 19.4. The fourth-order valence-corrected chi connectivity index (χ4v) is 2.90. The molecule has 142 valence electrons. The second-order valence-electron chi connectivity index (χ2n) is 6.40. The van der Waals surface area contributed by atoms with Gasteiger partial charge in [-0.15, -0.1) is 0 Å². The Morgan fingerprint density at radius 3 is 2.33 bits per heavy atom. The van der Waals surface area contributed by atoms with Crippen LogP contribution in [0.15, 0.2) is 41.0 Å². The van der Waals surface area contributed by atoms with Gasteiger partial charge in [0.25, 0.3) is 5.91 Å². The van der Waals surface area contributed by atoms with Crippen molar-refractivity contribution in [3.63, 3.8) is 0 Å². The highest BCUT2D eigenvalue weighted by molar-refractivity contribution is 5.94.